The minimum Gasteiger partial charge on any atom is -0.403 e. The molecule has 9 rings (SSSR count). The van der Waals surface area contributed by atoms with E-state index in [9.17, 15) is 33.7 Å². The van der Waals surface area contributed by atoms with Crippen molar-refractivity contribution >= 4 is 214 Å². The maximum atomic E-state index is 12.7. The van der Waals surface area contributed by atoms with E-state index in [1.165, 1.54) is 33.1 Å². The molecule has 0 spiro atoms. The van der Waals surface area contributed by atoms with Gasteiger partial charge in [0.25, 0.3) is 16.6 Å². The number of halogens is 4. The molecular weight excluding hydrogens is 1850 g/mol. The van der Waals surface area contributed by atoms with Crippen LogP contribution in [0, 0.1) is 10.7 Å². The number of hydrogen-bond acceptors (Lipinski definition) is 13. The Morgan fingerprint density at radius 1 is 0.390 bits per heavy atom. The Bertz CT molecular complexity index is 4670. The molecule has 0 saturated heterocycles. The number of sulfone groups is 1. The van der Waals surface area contributed by atoms with Crippen molar-refractivity contribution in [2.24, 2.45) is 0 Å². The summed E-state index contributed by atoms with van der Waals surface area (Å²) in [6, 6.07) is 73.2. The Hall–Kier alpha value is -4.11. The van der Waals surface area contributed by atoms with E-state index in [4.69, 9.17) is 24.7 Å². The van der Waals surface area contributed by atoms with Gasteiger partial charge in [0.2, 0.25) is 37.5 Å². The summed E-state index contributed by atoms with van der Waals surface area (Å²) in [5.74, 6) is 0. The minimum atomic E-state index is -3.66. The van der Waals surface area contributed by atoms with Crippen molar-refractivity contribution in [3.8, 4) is 0 Å². The van der Waals surface area contributed by atoms with E-state index in [2.05, 4.69) is 243 Å². The van der Waals surface area contributed by atoms with E-state index in [1.54, 1.807) is 29.6 Å². The average Bonchev–Trinajstić information content (AvgIpc) is 0.774. The Kier molecular flexibility index (Phi) is 34.1. The van der Waals surface area contributed by atoms with Crippen molar-refractivity contribution in [3.63, 3.8) is 0 Å². The fraction of sp³-hybridized carbons (Fsp3) is 0.308. The first-order valence-corrected chi connectivity index (χ1v) is 53.1. The number of rotatable bonds is 24. The summed E-state index contributed by atoms with van der Waals surface area (Å²) < 4.78 is 124. The van der Waals surface area contributed by atoms with Crippen molar-refractivity contribution in [2.45, 2.75) is 126 Å². The van der Waals surface area contributed by atoms with E-state index in [-0.39, 0.29) is 39.7 Å². The van der Waals surface area contributed by atoms with Gasteiger partial charge in [-0.3, -0.25) is 14.2 Å². The Labute approximate surface area is 684 Å². The summed E-state index contributed by atoms with van der Waals surface area (Å²) >= 11 is 16.7. The van der Waals surface area contributed by atoms with Crippen LogP contribution >= 0.6 is 102 Å². The predicted molar refractivity (Wildman–Crippen MR) is 480 cm³/mol. The van der Waals surface area contributed by atoms with Gasteiger partial charge in [0, 0.05) is 33.4 Å². The number of nitrogens with one attached hydrogen (secondary N) is 3. The van der Waals surface area contributed by atoms with Crippen LogP contribution in [0.5, 0.6) is 0 Å². The largest absolute Gasteiger partial charge is 0.403 e. The van der Waals surface area contributed by atoms with Crippen LogP contribution in [0.2, 0.25) is 15.1 Å². The zero-order valence-corrected chi connectivity index (χ0v) is 76.7. The Balaban J connectivity index is 0.000000262. The molecule has 0 aromatic heterocycles. The van der Waals surface area contributed by atoms with Crippen molar-refractivity contribution < 1.29 is 47.3 Å². The van der Waals surface area contributed by atoms with Gasteiger partial charge < -0.3 is 13.6 Å². The van der Waals surface area contributed by atoms with Crippen molar-refractivity contribution in [1.29, 1.82) is 0 Å². The molecule has 0 atom stereocenters. The SMILES string of the molecule is C.CC(C)(C)[Si](Cl)(c1ccccc1)c1ccccc1.CC(C)(C)[Si](OCc1cc(I)c(NS(C)(=O)=O)cc1S(C)(=O)=O)(c1ccccc1)c1ccccc1.CCOCc1cc(I)c(NS(C)(=O)=O)cc1SC.CSc1cc(NS(C)(=O)=O)c(I)cc1CO[Si](c1ccccc1)(c1ccccc1)C(C)(C)C. The second-order valence-corrected chi connectivity index (χ2v) is 54.5. The van der Waals surface area contributed by atoms with Gasteiger partial charge in [-0.15, -0.1) is 23.5 Å². The molecule has 0 fully saturated rings. The molecule has 0 aliphatic carbocycles. The molecule has 14 nitrogen and oxygen atoms in total. The van der Waals surface area contributed by atoms with Gasteiger partial charge in [0.15, 0.2) is 9.84 Å². The fourth-order valence-corrected chi connectivity index (χ4v) is 31.7. The fourth-order valence-electron chi connectivity index (χ4n) is 12.2. The summed E-state index contributed by atoms with van der Waals surface area (Å²) in [7, 11) is -21.6. The van der Waals surface area contributed by atoms with Crippen LogP contribution in [0.25, 0.3) is 0 Å². The quantitative estimate of drug-likeness (QED) is 0.0224. The van der Waals surface area contributed by atoms with E-state index in [0.29, 0.717) is 40.3 Å². The third kappa shape index (κ3) is 24.9. The standard InChI is InChI=1S/C25H30INO5S2Si.C25H30INO3S2Si.C16H19ClSi.C11H16INO3S2.CH4/c1-25(2,3)35(20-12-8-6-9-13-20,21-14-10-7-11-15-21)32-18-19-16-22(26)23(27-34(5,30)31)17-24(19)33(4,28)29;1-25(2,3)33(20-12-8-6-9-13-20,21-14-10-7-11-15-21)30-18-19-16-22(26)23(17-24(19)31-4)27-32(5,28)29;1-16(2,3)18(17,14-10-6-4-7-11-14)15-12-8-5-9-13-15;1-4-16-7-8-5-9(12)10(6-11(8)17-2)13-18(3,14)15;/h6-17,27H,18H2,1-5H3;6-17,27H,18H2,1-5H3;4-13H,1-3H3;5-6,13H,4,7H2,1-3H3;1H4. The van der Waals surface area contributed by atoms with Crippen molar-refractivity contribution in [1.82, 2.24) is 0 Å². The van der Waals surface area contributed by atoms with Crippen LogP contribution in [0.1, 0.15) is 93.4 Å². The van der Waals surface area contributed by atoms with Gasteiger partial charge in [-0.05, 0) is 187 Å². The second kappa shape index (κ2) is 39.2. The number of thioether (sulfide) groups is 2. The lowest BCUT2D eigenvalue weighted by atomic mass is 10.2. The lowest BCUT2D eigenvalue weighted by Gasteiger charge is -2.43. The minimum absolute atomic E-state index is 0. The van der Waals surface area contributed by atoms with Gasteiger partial charge in [-0.2, -0.15) is 11.1 Å². The third-order valence-corrected chi connectivity index (χ3v) is 41.3. The summed E-state index contributed by atoms with van der Waals surface area (Å²) in [5.41, 5.74) is 4.05. The normalized spacial score (nSPS) is 12.4. The van der Waals surface area contributed by atoms with Gasteiger partial charge in [-0.25, -0.2) is 33.7 Å². The van der Waals surface area contributed by atoms with Gasteiger partial charge >= 0.3 is 0 Å². The number of sulfonamides is 3. The van der Waals surface area contributed by atoms with Gasteiger partial charge in [0.05, 0.1) is 60.5 Å². The Morgan fingerprint density at radius 3 is 0.895 bits per heavy atom. The van der Waals surface area contributed by atoms with Crippen LogP contribution in [0.4, 0.5) is 17.1 Å². The zero-order chi connectivity index (χ0) is 77.3. The number of ether oxygens (including phenoxy) is 1. The van der Waals surface area contributed by atoms with Gasteiger partial charge in [0.1, 0.15) is 0 Å². The molecule has 9 aromatic rings. The number of benzene rings is 9. The van der Waals surface area contributed by atoms with Crippen molar-refractivity contribution in [2.75, 3.05) is 58.3 Å². The first-order valence-electron chi connectivity index (χ1n) is 33.0. The molecule has 0 amide bonds. The first kappa shape index (κ1) is 91.5. The van der Waals surface area contributed by atoms with E-state index >= 15 is 0 Å². The predicted octanol–water partition coefficient (Wildman–Crippen LogP) is 16.9. The van der Waals surface area contributed by atoms with E-state index in [0.717, 1.165) is 57.2 Å². The van der Waals surface area contributed by atoms with Crippen LogP contribution in [-0.4, -0.2) is 102 Å². The molecule has 0 heterocycles. The molecule has 0 aliphatic rings. The molecule has 0 saturated carbocycles. The highest BCUT2D eigenvalue weighted by Gasteiger charge is 2.52. The molecule has 0 unspecified atom stereocenters. The second-order valence-electron chi connectivity index (χ2n) is 27.8. The molecule has 0 aliphatic heterocycles. The summed E-state index contributed by atoms with van der Waals surface area (Å²) in [6.45, 7) is 23.6. The third-order valence-electron chi connectivity index (χ3n) is 16.7. The zero-order valence-electron chi connectivity index (χ0n) is 61.6. The molecule has 27 heteroatoms. The molecular formula is C78H99ClI3N3O11S6Si3. The summed E-state index contributed by atoms with van der Waals surface area (Å²) in [4.78, 5) is 2.07. The summed E-state index contributed by atoms with van der Waals surface area (Å²) in [6.07, 6.45) is 8.42. The lowest BCUT2D eigenvalue weighted by Crippen LogP contribution is -2.66. The first-order chi connectivity index (χ1) is 48.5. The van der Waals surface area contributed by atoms with E-state index < -0.39 is 63.9 Å². The molecule has 568 valence electrons. The topological polar surface area (TPSA) is 200 Å². The van der Waals surface area contributed by atoms with Gasteiger partial charge in [-0.1, -0.05) is 252 Å². The summed E-state index contributed by atoms with van der Waals surface area (Å²) in [5, 5.41) is 6.90. The van der Waals surface area contributed by atoms with Crippen LogP contribution in [0.15, 0.2) is 233 Å². The van der Waals surface area contributed by atoms with Crippen LogP contribution < -0.4 is 45.3 Å². The number of hydrogen-bond donors (Lipinski definition) is 3. The van der Waals surface area contributed by atoms with Crippen molar-refractivity contribution in [3.05, 3.63) is 246 Å². The average molecular weight is 1950 g/mol. The van der Waals surface area contributed by atoms with E-state index in [1.807, 2.05) is 127 Å². The van der Waals surface area contributed by atoms with Crippen LogP contribution in [-0.2, 0) is 73.3 Å². The number of anilines is 3. The highest BCUT2D eigenvalue weighted by atomic mass is 127. The van der Waals surface area contributed by atoms with Crippen LogP contribution in [0.3, 0.4) is 0 Å². The maximum Gasteiger partial charge on any atom is 0.261 e. The molecule has 0 bridgehead atoms. The lowest BCUT2D eigenvalue weighted by molar-refractivity contribution is 0.132. The Morgan fingerprint density at radius 2 is 0.648 bits per heavy atom. The maximum absolute atomic E-state index is 12.7. The molecule has 3 N–H and O–H groups in total. The molecule has 0 radical (unpaired) electrons. The molecule has 105 heavy (non-hydrogen) atoms. The highest BCUT2D eigenvalue weighted by Crippen LogP contribution is 2.42. The molecule has 9 aromatic carbocycles. The monoisotopic (exact) mass is 1950 g/mol. The smallest absolute Gasteiger partial charge is 0.261 e. The highest BCUT2D eigenvalue weighted by molar-refractivity contribution is 14.1.